The van der Waals surface area contributed by atoms with Crippen molar-refractivity contribution >= 4 is 45.9 Å². The number of likely N-dealkylation sites (tertiary alicyclic amines) is 1. The monoisotopic (exact) mass is 572 g/mol. The number of rotatable bonds is 10. The topological polar surface area (TPSA) is 114 Å². The number of imidazole rings is 1. The number of carbonyl (C=O) groups excluding carboxylic acids is 3. The molecule has 0 radical (unpaired) electrons. The Hall–Kier alpha value is -3.09. The van der Waals surface area contributed by atoms with Gasteiger partial charge in [0.1, 0.15) is 23.7 Å². The van der Waals surface area contributed by atoms with Crippen molar-refractivity contribution in [3.05, 3.63) is 59.5 Å². The van der Waals surface area contributed by atoms with E-state index in [2.05, 4.69) is 18.1 Å². The van der Waals surface area contributed by atoms with Crippen LogP contribution >= 0.6 is 23.1 Å². The Morgan fingerprint density at radius 1 is 1.31 bits per heavy atom. The number of hydrogen-bond donors (Lipinski definition) is 1. The van der Waals surface area contributed by atoms with Crippen molar-refractivity contribution in [1.29, 1.82) is 0 Å². The molecule has 5 rings (SSSR count). The van der Waals surface area contributed by atoms with Gasteiger partial charge in [-0.25, -0.2) is 14.6 Å². The van der Waals surface area contributed by atoms with Gasteiger partial charge in [0.05, 0.1) is 30.6 Å². The molecule has 0 bridgehead atoms. The zero-order valence-corrected chi connectivity index (χ0v) is 23.5. The first kappa shape index (κ1) is 27.5. The normalized spacial score (nSPS) is 26.9. The molecule has 10 nitrogen and oxygen atoms in total. The van der Waals surface area contributed by atoms with Gasteiger partial charge in [0.15, 0.2) is 0 Å². The number of amides is 2. The highest BCUT2D eigenvalue weighted by molar-refractivity contribution is 8.03. The van der Waals surface area contributed by atoms with E-state index in [1.165, 1.54) is 28.8 Å². The van der Waals surface area contributed by atoms with Crippen molar-refractivity contribution in [3.8, 4) is 0 Å². The molecule has 208 valence electrons. The summed E-state index contributed by atoms with van der Waals surface area (Å²) in [5.74, 6) is -1.58. The van der Waals surface area contributed by atoms with Crippen LogP contribution in [-0.4, -0.2) is 85.5 Å². The summed E-state index contributed by atoms with van der Waals surface area (Å²) < 4.78 is 12.7. The second kappa shape index (κ2) is 11.2. The highest BCUT2D eigenvalue weighted by atomic mass is 32.2. The van der Waals surface area contributed by atoms with Crippen LogP contribution in [0.1, 0.15) is 25.1 Å². The number of β-lactam (4-membered cyclic amide) rings is 1. The predicted molar refractivity (Wildman–Crippen MR) is 148 cm³/mol. The molecule has 3 aliphatic rings. The quantitative estimate of drug-likeness (QED) is 0.262. The van der Waals surface area contributed by atoms with E-state index in [-0.39, 0.29) is 48.1 Å². The zero-order chi connectivity index (χ0) is 27.8. The second-order valence-electron chi connectivity index (χ2n) is 10.0. The van der Waals surface area contributed by atoms with E-state index in [9.17, 15) is 19.5 Å². The molecule has 2 amide bonds. The second-order valence-corrected chi connectivity index (χ2v) is 12.5. The molecule has 2 fully saturated rings. The lowest BCUT2D eigenvalue weighted by molar-refractivity contribution is -0.164. The number of aliphatic hydroxyl groups is 1. The number of hydrogen-bond acceptors (Lipinski definition) is 9. The average molecular weight is 573 g/mol. The van der Waals surface area contributed by atoms with E-state index in [4.69, 9.17) is 9.47 Å². The van der Waals surface area contributed by atoms with E-state index in [1.807, 2.05) is 23.7 Å². The van der Waals surface area contributed by atoms with Gasteiger partial charge in [0, 0.05) is 46.2 Å². The Labute approximate surface area is 235 Å². The fourth-order valence-electron chi connectivity index (χ4n) is 5.75. The van der Waals surface area contributed by atoms with Crippen LogP contribution in [0.3, 0.4) is 0 Å². The summed E-state index contributed by atoms with van der Waals surface area (Å²) in [5, 5.41) is 10.2. The third-order valence-electron chi connectivity index (χ3n) is 7.45. The van der Waals surface area contributed by atoms with E-state index in [0.717, 1.165) is 14.6 Å². The van der Waals surface area contributed by atoms with Crippen LogP contribution in [0.2, 0.25) is 0 Å². The highest BCUT2D eigenvalue weighted by Crippen LogP contribution is 2.52. The summed E-state index contributed by atoms with van der Waals surface area (Å²) in [5.41, 5.74) is 0.242. The minimum absolute atomic E-state index is 0.0283. The number of fused-ring (bicyclic) bond motifs is 2. The Bertz CT molecular complexity index is 1300. The van der Waals surface area contributed by atoms with Gasteiger partial charge >= 0.3 is 12.1 Å². The fraction of sp³-hybridized carbons (Fsp3) is 0.481. The number of esters is 1. The maximum absolute atomic E-state index is 13.1. The van der Waals surface area contributed by atoms with Gasteiger partial charge in [0.2, 0.25) is 5.91 Å². The van der Waals surface area contributed by atoms with Gasteiger partial charge in [-0.2, -0.15) is 0 Å². The average Bonchev–Trinajstić information content (AvgIpc) is 3.64. The highest BCUT2D eigenvalue weighted by Gasteiger charge is 2.60. The molecule has 12 heteroatoms. The molecular weight excluding hydrogens is 540 g/mol. The molecule has 0 spiro atoms. The maximum Gasteiger partial charge on any atom is 0.410 e. The van der Waals surface area contributed by atoms with Crippen molar-refractivity contribution in [2.75, 3.05) is 19.8 Å². The molecule has 1 N–H and O–H groups in total. The van der Waals surface area contributed by atoms with Crippen molar-refractivity contribution in [3.63, 3.8) is 0 Å². The molecule has 2 saturated heterocycles. The third-order valence-corrected chi connectivity index (χ3v) is 10.0. The molecule has 0 aliphatic carbocycles. The van der Waals surface area contributed by atoms with Crippen LogP contribution < -0.4 is 0 Å². The molecule has 0 unspecified atom stereocenters. The molecule has 0 aromatic carbocycles. The van der Waals surface area contributed by atoms with Crippen molar-refractivity contribution in [1.82, 2.24) is 19.2 Å². The summed E-state index contributed by atoms with van der Waals surface area (Å²) >= 11 is 3.15. The molecular formula is C27H32N4O6S2. The minimum atomic E-state index is -0.824. The summed E-state index contributed by atoms with van der Waals surface area (Å²) in [6.45, 7) is 11.4. The number of ether oxygens (including phenoxy) is 2. The lowest BCUT2D eigenvalue weighted by atomic mass is 9.79. The van der Waals surface area contributed by atoms with E-state index < -0.39 is 24.1 Å². The number of nitrogens with zero attached hydrogens (tertiary/aromatic N) is 4. The first-order chi connectivity index (χ1) is 18.7. The van der Waals surface area contributed by atoms with Crippen molar-refractivity contribution in [2.45, 2.75) is 50.1 Å². The lowest BCUT2D eigenvalue weighted by Crippen LogP contribution is -2.63. The largest absolute Gasteiger partial charge is 0.457 e. The number of carbonyl (C=O) groups is 3. The Kier molecular flexibility index (Phi) is 7.88. The van der Waals surface area contributed by atoms with Gasteiger partial charge in [-0.15, -0.1) is 23.1 Å². The summed E-state index contributed by atoms with van der Waals surface area (Å²) in [7, 11) is 0. The van der Waals surface area contributed by atoms with Crippen LogP contribution in [0, 0.1) is 11.8 Å². The molecule has 6 atom stereocenters. The van der Waals surface area contributed by atoms with Gasteiger partial charge < -0.3 is 24.4 Å². The summed E-state index contributed by atoms with van der Waals surface area (Å²) in [6, 6.07) is -0.408. The number of aliphatic hydroxyl groups excluding tert-OH is 1. The summed E-state index contributed by atoms with van der Waals surface area (Å²) in [4.78, 5) is 49.4. The van der Waals surface area contributed by atoms with Crippen LogP contribution in [0.25, 0.3) is 4.83 Å². The van der Waals surface area contributed by atoms with E-state index >= 15 is 0 Å². The SMILES string of the molecule is C=CCOC(=O)C1=C(S[C@H]2C[C@@H](Cc3cn4cncc4s3)N(C(=O)OCC=C)C2)[C@H](C)[C@@H]2[C@@H]([C@@H](C)O)C(=O)N12. The molecule has 39 heavy (non-hydrogen) atoms. The van der Waals surface area contributed by atoms with Crippen molar-refractivity contribution in [2.24, 2.45) is 11.8 Å². The molecule has 5 heterocycles. The Balaban J connectivity index is 1.40. The summed E-state index contributed by atoms with van der Waals surface area (Å²) in [6.07, 6.45) is 8.73. The minimum Gasteiger partial charge on any atom is -0.457 e. The van der Waals surface area contributed by atoms with Gasteiger partial charge in [-0.05, 0) is 13.3 Å². The zero-order valence-electron chi connectivity index (χ0n) is 21.9. The number of aromatic nitrogens is 2. The van der Waals surface area contributed by atoms with E-state index in [0.29, 0.717) is 19.4 Å². The third kappa shape index (κ3) is 5.01. The van der Waals surface area contributed by atoms with Crippen LogP contribution in [0.4, 0.5) is 4.79 Å². The van der Waals surface area contributed by atoms with Gasteiger partial charge in [0.25, 0.3) is 0 Å². The fourth-order valence-corrected chi connectivity index (χ4v) is 8.34. The molecule has 2 aromatic rings. The number of thiazole rings is 1. The van der Waals surface area contributed by atoms with Crippen molar-refractivity contribution < 1.29 is 29.0 Å². The smallest absolute Gasteiger partial charge is 0.410 e. The van der Waals surface area contributed by atoms with Crippen LogP contribution in [0.15, 0.2) is 54.6 Å². The predicted octanol–water partition coefficient (Wildman–Crippen LogP) is 3.24. The number of thioether (sulfide) groups is 1. The van der Waals surface area contributed by atoms with Crippen LogP contribution in [-0.2, 0) is 25.5 Å². The first-order valence-corrected chi connectivity index (χ1v) is 14.6. The first-order valence-electron chi connectivity index (χ1n) is 12.9. The van der Waals surface area contributed by atoms with Gasteiger partial charge in [-0.1, -0.05) is 32.2 Å². The standard InChI is InChI=1S/C27H32N4O6S2/c1-5-7-36-26(34)23-24(15(3)22-21(16(4)32)25(33)31(22)23)39-19-10-17(30(13-19)27(35)37-8-6-2)9-18-12-29-14-28-11-20(29)38-18/h5-6,11-12,14-17,19,21-22,32H,1-2,7-10,13H2,3-4H3/t15-,16-,17-,19+,21-,22-/m1/s1. The Morgan fingerprint density at radius 2 is 2.05 bits per heavy atom. The lowest BCUT2D eigenvalue weighted by Gasteiger charge is -2.46. The Morgan fingerprint density at radius 3 is 2.74 bits per heavy atom. The molecule has 3 aliphatic heterocycles. The molecule has 0 saturated carbocycles. The van der Waals surface area contributed by atoms with E-state index in [1.54, 1.807) is 29.5 Å². The molecule has 2 aromatic heterocycles. The van der Waals surface area contributed by atoms with Gasteiger partial charge in [-0.3, -0.25) is 9.20 Å². The van der Waals surface area contributed by atoms with Crippen LogP contribution in [0.5, 0.6) is 0 Å². The maximum atomic E-state index is 13.1.